The van der Waals surface area contributed by atoms with E-state index in [1.165, 1.54) is 26.0 Å². The molecule has 11 heteroatoms. The van der Waals surface area contributed by atoms with Crippen LogP contribution in [0.2, 0.25) is 0 Å². The van der Waals surface area contributed by atoms with Gasteiger partial charge in [0.05, 0.1) is 35.7 Å². The largest absolute Gasteiger partial charge is 0.455 e. The van der Waals surface area contributed by atoms with Crippen LogP contribution in [-0.4, -0.2) is 87.3 Å². The smallest absolute Gasteiger partial charge is 0.338 e. The zero-order chi connectivity index (χ0) is 31.0. The van der Waals surface area contributed by atoms with Crippen molar-refractivity contribution in [2.75, 3.05) is 6.61 Å². The summed E-state index contributed by atoms with van der Waals surface area (Å²) in [6, 6.07) is 8.05. The monoisotopic (exact) mass is 586 g/mol. The lowest BCUT2D eigenvalue weighted by molar-refractivity contribution is -0.345. The summed E-state index contributed by atoms with van der Waals surface area (Å²) in [5, 5.41) is 35.8. The van der Waals surface area contributed by atoms with Crippen LogP contribution in [-0.2, 0) is 33.3 Å². The van der Waals surface area contributed by atoms with Gasteiger partial charge in [0.1, 0.15) is 17.8 Å². The number of benzene rings is 1. The van der Waals surface area contributed by atoms with Crippen molar-refractivity contribution in [1.29, 1.82) is 0 Å². The van der Waals surface area contributed by atoms with Crippen LogP contribution in [0.3, 0.4) is 0 Å². The number of carbonyl (C=O) groups excluding carboxylic acids is 4. The standard InChI is InChI=1S/C31H38O11/c1-15-19(34)13-31(38)26(41-27(37)18-10-8-7-9-11-18)24-29(6,20(35)12-21-30(24,14-39-21)42-17(3)33)25(36)23(40-16(2)32)22(15)28(31,4)5/h7-11,19-21,23-24,26,34-35,38H,12-14H2,1-6H3/t19-,20-,21+,23+,24?,26?,29+,30-,31+/m0/s1. The van der Waals surface area contributed by atoms with E-state index >= 15 is 0 Å². The highest BCUT2D eigenvalue weighted by molar-refractivity contribution is 5.95. The Labute approximate surface area is 243 Å². The van der Waals surface area contributed by atoms with Crippen LogP contribution < -0.4 is 0 Å². The van der Waals surface area contributed by atoms with Crippen LogP contribution in [0.4, 0.5) is 0 Å². The molecule has 1 aliphatic heterocycles. The number of aliphatic hydroxyl groups excluding tert-OH is 2. The van der Waals surface area contributed by atoms with E-state index in [-0.39, 0.29) is 30.6 Å². The number of hydrogen-bond donors (Lipinski definition) is 3. The molecule has 3 fully saturated rings. The Morgan fingerprint density at radius 2 is 1.64 bits per heavy atom. The van der Waals surface area contributed by atoms with E-state index in [0.717, 1.165) is 6.92 Å². The third-order valence-corrected chi connectivity index (χ3v) is 10.2. The Morgan fingerprint density at radius 1 is 1.00 bits per heavy atom. The first-order valence-corrected chi connectivity index (χ1v) is 14.1. The Morgan fingerprint density at radius 3 is 2.19 bits per heavy atom. The van der Waals surface area contributed by atoms with E-state index in [4.69, 9.17) is 18.9 Å². The van der Waals surface area contributed by atoms with Crippen LogP contribution >= 0.6 is 0 Å². The van der Waals surface area contributed by atoms with Gasteiger partial charge in [0.25, 0.3) is 0 Å². The van der Waals surface area contributed by atoms with Gasteiger partial charge in [-0.05, 0) is 37.1 Å². The molecule has 5 rings (SSSR count). The zero-order valence-corrected chi connectivity index (χ0v) is 24.6. The number of fused-ring (bicyclic) bond motifs is 5. The van der Waals surface area contributed by atoms with Crippen LogP contribution in [0.5, 0.6) is 0 Å². The lowest BCUT2D eigenvalue weighted by Crippen LogP contribution is -2.81. The van der Waals surface area contributed by atoms with Gasteiger partial charge in [-0.1, -0.05) is 32.0 Å². The molecule has 3 N–H and O–H groups in total. The second kappa shape index (κ2) is 9.97. The quantitative estimate of drug-likeness (QED) is 0.267. The maximum absolute atomic E-state index is 14.8. The Balaban J connectivity index is 1.84. The molecule has 1 aromatic rings. The maximum Gasteiger partial charge on any atom is 0.338 e. The molecular weight excluding hydrogens is 548 g/mol. The van der Waals surface area contributed by atoms with Gasteiger partial charge in [0, 0.05) is 32.1 Å². The molecule has 1 saturated heterocycles. The van der Waals surface area contributed by atoms with E-state index in [1.807, 2.05) is 0 Å². The Bertz CT molecular complexity index is 1350. The Kier molecular flexibility index (Phi) is 7.20. The van der Waals surface area contributed by atoms with Crippen molar-refractivity contribution in [1.82, 2.24) is 0 Å². The second-order valence-corrected chi connectivity index (χ2v) is 12.8. The van der Waals surface area contributed by atoms with Crippen molar-refractivity contribution in [2.45, 2.75) is 96.1 Å². The fourth-order valence-corrected chi connectivity index (χ4v) is 7.91. The Hall–Kier alpha value is -3.12. The molecule has 3 aliphatic carbocycles. The molecule has 4 aliphatic rings. The van der Waals surface area contributed by atoms with Crippen LogP contribution in [0, 0.1) is 16.7 Å². The molecular formula is C31H38O11. The van der Waals surface area contributed by atoms with E-state index < -0.39 is 82.2 Å². The minimum Gasteiger partial charge on any atom is -0.455 e. The van der Waals surface area contributed by atoms with Crippen molar-refractivity contribution in [3.63, 3.8) is 0 Å². The van der Waals surface area contributed by atoms with Crippen LogP contribution in [0.25, 0.3) is 0 Å². The van der Waals surface area contributed by atoms with Crippen molar-refractivity contribution in [3.8, 4) is 0 Å². The highest BCUT2D eigenvalue weighted by Gasteiger charge is 2.78. The summed E-state index contributed by atoms with van der Waals surface area (Å²) < 4.78 is 23.5. The van der Waals surface area contributed by atoms with Crippen LogP contribution in [0.15, 0.2) is 41.5 Å². The number of hydrogen-bond acceptors (Lipinski definition) is 11. The van der Waals surface area contributed by atoms with Gasteiger partial charge < -0.3 is 34.3 Å². The van der Waals surface area contributed by atoms with Gasteiger partial charge in [-0.2, -0.15) is 0 Å². The number of ether oxygens (including phenoxy) is 4. The number of Topliss-reactive ketones (excluding diaryl/α,β-unsaturated/α-hetero) is 1. The third-order valence-electron chi connectivity index (χ3n) is 10.2. The predicted octanol–water partition coefficient (Wildman–Crippen LogP) is 1.65. The molecule has 0 radical (unpaired) electrons. The molecule has 0 aromatic heterocycles. The highest BCUT2D eigenvalue weighted by Crippen LogP contribution is 2.64. The lowest BCUT2D eigenvalue weighted by Gasteiger charge is -2.67. The average molecular weight is 587 g/mol. The van der Waals surface area contributed by atoms with Crippen molar-refractivity contribution >= 4 is 23.7 Å². The molecule has 228 valence electrons. The van der Waals surface area contributed by atoms with Gasteiger partial charge in [-0.3, -0.25) is 14.4 Å². The van der Waals surface area contributed by atoms with Crippen molar-refractivity contribution < 1.29 is 53.4 Å². The van der Waals surface area contributed by atoms with Gasteiger partial charge in [-0.25, -0.2) is 4.79 Å². The van der Waals surface area contributed by atoms with Gasteiger partial charge >= 0.3 is 17.9 Å². The zero-order valence-electron chi connectivity index (χ0n) is 24.6. The molecule has 1 heterocycles. The summed E-state index contributed by atoms with van der Waals surface area (Å²) in [4.78, 5) is 53.4. The number of rotatable bonds is 4. The molecule has 2 bridgehead atoms. The lowest BCUT2D eigenvalue weighted by atomic mass is 9.44. The molecule has 42 heavy (non-hydrogen) atoms. The normalized spacial score (nSPS) is 40.4. The minimum atomic E-state index is -2.11. The number of ketones is 1. The fourth-order valence-electron chi connectivity index (χ4n) is 7.91. The average Bonchev–Trinajstić information content (AvgIpc) is 2.90. The van der Waals surface area contributed by atoms with E-state index in [1.54, 1.807) is 39.0 Å². The first-order valence-electron chi connectivity index (χ1n) is 14.1. The van der Waals surface area contributed by atoms with Gasteiger partial charge in [0.2, 0.25) is 0 Å². The number of carbonyl (C=O) groups is 4. The van der Waals surface area contributed by atoms with E-state index in [9.17, 15) is 34.5 Å². The van der Waals surface area contributed by atoms with Gasteiger partial charge in [0.15, 0.2) is 17.5 Å². The summed E-state index contributed by atoms with van der Waals surface area (Å²) >= 11 is 0. The molecule has 9 atom stereocenters. The molecule has 2 unspecified atom stereocenters. The predicted molar refractivity (Wildman–Crippen MR) is 145 cm³/mol. The number of esters is 3. The molecule has 2 saturated carbocycles. The van der Waals surface area contributed by atoms with E-state index in [0.29, 0.717) is 5.57 Å². The summed E-state index contributed by atoms with van der Waals surface area (Å²) in [5.74, 6) is -4.41. The first-order chi connectivity index (χ1) is 19.5. The highest BCUT2D eigenvalue weighted by atomic mass is 16.6. The summed E-state index contributed by atoms with van der Waals surface area (Å²) in [7, 11) is 0. The molecule has 0 spiro atoms. The van der Waals surface area contributed by atoms with Crippen LogP contribution in [0.1, 0.15) is 64.7 Å². The van der Waals surface area contributed by atoms with Crippen molar-refractivity contribution in [3.05, 3.63) is 47.0 Å². The molecule has 11 nitrogen and oxygen atoms in total. The summed E-state index contributed by atoms with van der Waals surface area (Å²) in [6.07, 6.45) is -7.27. The summed E-state index contributed by atoms with van der Waals surface area (Å²) in [5.41, 5.74) is -6.38. The second-order valence-electron chi connectivity index (χ2n) is 12.8. The molecule has 1 aromatic carbocycles. The maximum atomic E-state index is 14.8. The topological polar surface area (TPSA) is 166 Å². The fraction of sp³-hybridized carbons (Fsp3) is 0.613. The third kappa shape index (κ3) is 4.08. The van der Waals surface area contributed by atoms with Gasteiger partial charge in [-0.15, -0.1) is 0 Å². The first kappa shape index (κ1) is 30.3. The number of aliphatic hydroxyl groups is 3. The van der Waals surface area contributed by atoms with E-state index in [2.05, 4.69) is 0 Å². The van der Waals surface area contributed by atoms with Crippen molar-refractivity contribution in [2.24, 2.45) is 16.7 Å². The SMILES string of the molecule is CC(=O)O[C@H]1C(=O)[C@@]2(C)C(C(OC(=O)c3ccccc3)[C@]3(O)C[C@H](O)C(C)=C1C3(C)C)[C@]1(OC(C)=O)CO[C@@H]1C[C@@H]2O. The molecule has 0 amide bonds. The minimum absolute atomic E-state index is 0.110. The summed E-state index contributed by atoms with van der Waals surface area (Å²) in [6.45, 7) is 8.42.